The second-order valence-corrected chi connectivity index (χ2v) is 17.1. The Morgan fingerprint density at radius 3 is 1.31 bits per heavy atom. The van der Waals surface area contributed by atoms with Crippen molar-refractivity contribution in [2.24, 2.45) is 46.3 Å². The molecule has 8 bridgehead atoms. The van der Waals surface area contributed by atoms with Crippen LogP contribution in [-0.4, -0.2) is 41.1 Å². The summed E-state index contributed by atoms with van der Waals surface area (Å²) < 4.78 is 68.6. The molecule has 0 amide bonds. The lowest BCUT2D eigenvalue weighted by molar-refractivity contribution is -0.777. The third-order valence-electron chi connectivity index (χ3n) is 11.1. The molecule has 0 aromatic rings. The molecule has 2 unspecified atom stereocenters. The lowest BCUT2D eigenvalue weighted by atomic mass is 9.50. The summed E-state index contributed by atoms with van der Waals surface area (Å²) in [6, 6.07) is 0. The number of esters is 2. The Hall–Kier alpha value is -0.880. The molecular weight excluding hydrogens is 648 g/mol. The van der Waals surface area contributed by atoms with Crippen LogP contribution in [0.25, 0.3) is 0 Å². The SMILES string of the molecule is CC(F)(SOO[O-])C(=O)OCC12CC3CC(CC(C3)C1)C2.CC(SOO[O-])(C(=O)OCC12CC3CC(CC(C3)C1)C2)C(F)(F)F. The summed E-state index contributed by atoms with van der Waals surface area (Å²) in [5.74, 6) is 1.60. The number of alkyl halides is 4. The Morgan fingerprint density at radius 2 is 0.978 bits per heavy atom. The fourth-order valence-electron chi connectivity index (χ4n) is 10.0. The Morgan fingerprint density at radius 1 is 0.644 bits per heavy atom. The molecule has 0 N–H and O–H groups in total. The van der Waals surface area contributed by atoms with Gasteiger partial charge in [-0.3, -0.25) is 14.9 Å². The topological polar surface area (TPSA) is 136 Å². The summed E-state index contributed by atoms with van der Waals surface area (Å²) in [5.41, 5.74) is -0.140. The number of halogens is 4. The second-order valence-electron chi connectivity index (χ2n) is 14.9. The lowest BCUT2D eigenvalue weighted by Gasteiger charge is -2.56. The molecule has 0 spiro atoms. The molecule has 0 aromatic carbocycles. The molecule has 8 fully saturated rings. The molecule has 8 rings (SSSR count). The van der Waals surface area contributed by atoms with Gasteiger partial charge in [-0.1, -0.05) is 0 Å². The van der Waals surface area contributed by atoms with Gasteiger partial charge < -0.3 is 20.0 Å². The van der Waals surface area contributed by atoms with Crippen molar-refractivity contribution in [1.82, 2.24) is 0 Å². The summed E-state index contributed by atoms with van der Waals surface area (Å²) in [6.45, 7) is 1.89. The van der Waals surface area contributed by atoms with E-state index in [9.17, 15) is 37.7 Å². The predicted octanol–water partition coefficient (Wildman–Crippen LogP) is 5.24. The van der Waals surface area contributed by atoms with Crippen LogP contribution >= 0.6 is 24.1 Å². The Bertz CT molecular complexity index is 1010. The molecule has 8 aliphatic rings. The van der Waals surface area contributed by atoms with Gasteiger partial charge in [-0.2, -0.15) is 21.8 Å². The van der Waals surface area contributed by atoms with Gasteiger partial charge >= 0.3 is 18.1 Å². The lowest BCUT2D eigenvalue weighted by Crippen LogP contribution is -2.51. The highest BCUT2D eigenvalue weighted by Crippen LogP contribution is 2.61. The van der Waals surface area contributed by atoms with Crippen LogP contribution < -0.4 is 10.5 Å². The molecule has 8 aliphatic carbocycles. The van der Waals surface area contributed by atoms with Crippen LogP contribution in [0.2, 0.25) is 0 Å². The maximum Gasteiger partial charge on any atom is 0.415 e. The Balaban J connectivity index is 0.000000179. The van der Waals surface area contributed by atoms with Crippen LogP contribution in [0.5, 0.6) is 0 Å². The molecular formula is C29H40F4O10S2-2. The minimum absolute atomic E-state index is 0.000203. The first-order chi connectivity index (χ1) is 21.1. The zero-order chi connectivity index (χ0) is 32.7. The highest BCUT2D eigenvalue weighted by atomic mass is 32.2. The number of hydrogen-bond acceptors (Lipinski definition) is 12. The van der Waals surface area contributed by atoms with Crippen LogP contribution in [0, 0.1) is 46.3 Å². The molecule has 8 saturated carbocycles. The number of carbonyl (C=O) groups is 2. The summed E-state index contributed by atoms with van der Waals surface area (Å²) in [5, 5.41) is 23.2. The van der Waals surface area contributed by atoms with Crippen molar-refractivity contribution in [3.05, 3.63) is 0 Å². The van der Waals surface area contributed by atoms with E-state index in [4.69, 9.17) is 9.47 Å². The molecule has 0 aromatic heterocycles. The van der Waals surface area contributed by atoms with Gasteiger partial charge in [-0.25, -0.2) is 9.18 Å². The average Bonchev–Trinajstić information content (AvgIpc) is 2.95. The van der Waals surface area contributed by atoms with Gasteiger partial charge in [-0.15, -0.1) is 0 Å². The molecule has 0 heterocycles. The first-order valence-electron chi connectivity index (χ1n) is 15.5. The van der Waals surface area contributed by atoms with E-state index in [0.717, 1.165) is 63.2 Å². The number of rotatable bonds is 12. The van der Waals surface area contributed by atoms with Gasteiger partial charge in [0.25, 0.3) is 5.00 Å². The number of ether oxygens (including phenoxy) is 2. The van der Waals surface area contributed by atoms with Crippen LogP contribution in [0.15, 0.2) is 0 Å². The summed E-state index contributed by atoms with van der Waals surface area (Å²) in [4.78, 5) is 23.9. The van der Waals surface area contributed by atoms with E-state index in [1.165, 1.54) is 38.5 Å². The highest BCUT2D eigenvalue weighted by molar-refractivity contribution is 7.96. The third kappa shape index (κ3) is 7.89. The quantitative estimate of drug-likeness (QED) is 0.0872. The fourth-order valence-corrected chi connectivity index (χ4v) is 10.7. The molecule has 0 aliphatic heterocycles. The molecule has 45 heavy (non-hydrogen) atoms. The van der Waals surface area contributed by atoms with E-state index in [2.05, 4.69) is 18.7 Å². The van der Waals surface area contributed by atoms with Crippen LogP contribution in [0.3, 0.4) is 0 Å². The van der Waals surface area contributed by atoms with Crippen molar-refractivity contribution in [3.8, 4) is 0 Å². The molecule has 16 heteroatoms. The van der Waals surface area contributed by atoms with Gasteiger partial charge in [0.15, 0.2) is 0 Å². The fraction of sp³-hybridized carbons (Fsp3) is 0.931. The minimum Gasteiger partial charge on any atom is -0.691 e. The summed E-state index contributed by atoms with van der Waals surface area (Å²) in [7, 11) is 0. The summed E-state index contributed by atoms with van der Waals surface area (Å²) in [6.07, 6.45) is 8.57. The van der Waals surface area contributed by atoms with Crippen LogP contribution in [-0.2, 0) is 37.8 Å². The standard InChI is InChI=1S/C15H21F3O5S.C14H21FO5S/c1-13(15(16,17)18,24-23-22-20)12(19)21-8-14-5-9-2-10(6-14)4-11(3-9)7-14;1-13(15,21-20-19-17)12(16)18-8-14-5-9-2-10(6-14)4-11(3-9)7-14/h9-11,20H,2-8H2,1H3;9-11,17H,2-8H2,1H3/p-2. The second kappa shape index (κ2) is 13.6. The molecule has 10 nitrogen and oxygen atoms in total. The van der Waals surface area contributed by atoms with Gasteiger partial charge in [0.2, 0.25) is 4.75 Å². The number of carbonyl (C=O) groups excluding carboxylic acids is 2. The smallest absolute Gasteiger partial charge is 0.415 e. The van der Waals surface area contributed by atoms with Gasteiger partial charge in [-0.05, 0) is 126 Å². The normalized spacial score (nSPS) is 38.6. The maximum absolute atomic E-state index is 14.0. The van der Waals surface area contributed by atoms with Gasteiger partial charge in [0, 0.05) is 10.8 Å². The average molecular weight is 689 g/mol. The van der Waals surface area contributed by atoms with E-state index in [-0.39, 0.29) is 48.1 Å². The van der Waals surface area contributed by atoms with E-state index in [0.29, 0.717) is 24.7 Å². The minimum atomic E-state index is -4.94. The molecule has 2 atom stereocenters. The first kappa shape index (κ1) is 35.4. The molecule has 0 saturated heterocycles. The van der Waals surface area contributed by atoms with Crippen molar-refractivity contribution < 1.29 is 65.9 Å². The maximum atomic E-state index is 14.0. The van der Waals surface area contributed by atoms with Crippen molar-refractivity contribution >= 4 is 36.0 Å². The summed E-state index contributed by atoms with van der Waals surface area (Å²) >= 11 is -0.351. The van der Waals surface area contributed by atoms with E-state index < -0.39 is 27.9 Å². The van der Waals surface area contributed by atoms with Crippen molar-refractivity contribution in [2.45, 2.75) is 107 Å². The van der Waals surface area contributed by atoms with Gasteiger partial charge in [0.1, 0.15) is 0 Å². The molecule has 0 radical (unpaired) electrons. The third-order valence-corrected chi connectivity index (χ3v) is 12.5. The Kier molecular flexibility index (Phi) is 10.7. The molecule has 258 valence electrons. The van der Waals surface area contributed by atoms with Gasteiger partial charge in [0.05, 0.1) is 37.3 Å². The zero-order valence-electron chi connectivity index (χ0n) is 25.3. The Labute approximate surface area is 268 Å². The number of hydrogen-bond donors (Lipinski definition) is 0. The monoisotopic (exact) mass is 688 g/mol. The highest BCUT2D eigenvalue weighted by Gasteiger charge is 2.61. The van der Waals surface area contributed by atoms with Crippen molar-refractivity contribution in [2.75, 3.05) is 13.2 Å². The van der Waals surface area contributed by atoms with E-state index in [1.807, 2.05) is 0 Å². The van der Waals surface area contributed by atoms with E-state index in [1.54, 1.807) is 0 Å². The largest absolute Gasteiger partial charge is 0.691 e. The zero-order valence-corrected chi connectivity index (χ0v) is 26.9. The van der Waals surface area contributed by atoms with Crippen LogP contribution in [0.1, 0.15) is 90.9 Å². The van der Waals surface area contributed by atoms with E-state index >= 15 is 0 Å². The van der Waals surface area contributed by atoms with Crippen molar-refractivity contribution in [1.29, 1.82) is 0 Å². The first-order valence-corrected chi connectivity index (χ1v) is 17.0. The predicted molar refractivity (Wildman–Crippen MR) is 147 cm³/mol. The van der Waals surface area contributed by atoms with Crippen LogP contribution in [0.4, 0.5) is 17.6 Å². The van der Waals surface area contributed by atoms with Crippen molar-refractivity contribution in [3.63, 3.8) is 0 Å².